The van der Waals surface area contributed by atoms with Crippen molar-refractivity contribution in [2.24, 2.45) is 5.92 Å². The number of methoxy groups -OCH3 is 2. The van der Waals surface area contributed by atoms with Crippen LogP contribution in [0.4, 0.5) is 11.8 Å². The molecule has 2 aromatic rings. The summed E-state index contributed by atoms with van der Waals surface area (Å²) in [6.07, 6.45) is 5.09. The first-order valence-corrected chi connectivity index (χ1v) is 10.8. The van der Waals surface area contributed by atoms with Crippen molar-refractivity contribution in [3.63, 3.8) is 0 Å². The van der Waals surface area contributed by atoms with E-state index in [9.17, 15) is 4.79 Å². The number of benzene rings is 1. The molecule has 170 valence electrons. The van der Waals surface area contributed by atoms with E-state index in [2.05, 4.69) is 21.7 Å². The Morgan fingerprint density at radius 1 is 1.03 bits per heavy atom. The largest absolute Gasteiger partial charge is 0.493 e. The van der Waals surface area contributed by atoms with Crippen molar-refractivity contribution in [2.75, 3.05) is 44.5 Å². The Kier molecular flexibility index (Phi) is 7.30. The molecule has 0 bridgehead atoms. The lowest BCUT2D eigenvalue weighted by Crippen LogP contribution is -2.48. The molecule has 0 aliphatic carbocycles. The molecule has 31 heavy (non-hydrogen) atoms. The molecule has 1 aromatic heterocycles. The maximum Gasteiger partial charge on any atom is 0.227 e. The Hall–Kier alpha value is -2.48. The van der Waals surface area contributed by atoms with Crippen molar-refractivity contribution in [3.8, 4) is 11.5 Å². The summed E-state index contributed by atoms with van der Waals surface area (Å²) in [7, 11) is 3.19. The number of nitrogens with two attached hydrogens (primary N) is 1. The molecule has 0 radical (unpaired) electrons. The number of likely N-dealkylation sites (tertiary alicyclic amines) is 1. The highest BCUT2D eigenvalue weighted by Gasteiger charge is 2.32. The first-order valence-electron chi connectivity index (χ1n) is 10.8. The van der Waals surface area contributed by atoms with Gasteiger partial charge in [0, 0.05) is 43.0 Å². The van der Waals surface area contributed by atoms with Crippen LogP contribution in [0.1, 0.15) is 39.0 Å². The molecule has 4 rings (SSSR count). The van der Waals surface area contributed by atoms with Crippen molar-refractivity contribution in [3.05, 3.63) is 12.1 Å². The van der Waals surface area contributed by atoms with Crippen LogP contribution in [-0.2, 0) is 4.79 Å². The smallest absolute Gasteiger partial charge is 0.227 e. The van der Waals surface area contributed by atoms with E-state index < -0.39 is 0 Å². The number of ether oxygens (including phenoxy) is 2. The standard InChI is InChI=1S/C22H31N5O3.ClH/c1-14-6-4-5-9-27(14)21(28)15-7-10-26(11-8-15)22-24-17-13-19(30-3)18(29-2)12-16(17)20(23)25-22;/h12-15H,4-11H2,1-3H3,(H2,23,24,25);1H. The predicted octanol–water partition coefficient (Wildman–Crippen LogP) is 3.27. The molecule has 1 aromatic carbocycles. The number of nitrogens with zero attached hydrogens (tertiary/aromatic N) is 4. The van der Waals surface area contributed by atoms with E-state index in [4.69, 9.17) is 20.2 Å². The molecule has 3 heterocycles. The highest BCUT2D eigenvalue weighted by Crippen LogP contribution is 2.34. The summed E-state index contributed by atoms with van der Waals surface area (Å²) in [4.78, 5) is 26.5. The Bertz CT molecular complexity index is 933. The second-order valence-corrected chi connectivity index (χ2v) is 8.27. The SMILES string of the molecule is COc1cc2nc(N3CCC(C(=O)N4CCCCC4C)CC3)nc(N)c2cc1OC.Cl. The monoisotopic (exact) mass is 449 g/mol. The third-order valence-corrected chi connectivity index (χ3v) is 6.43. The fraction of sp³-hybridized carbons (Fsp3) is 0.591. The summed E-state index contributed by atoms with van der Waals surface area (Å²) in [6, 6.07) is 3.99. The first-order chi connectivity index (χ1) is 14.5. The summed E-state index contributed by atoms with van der Waals surface area (Å²) in [6.45, 7) is 4.56. The number of fused-ring (bicyclic) bond motifs is 1. The van der Waals surface area contributed by atoms with Crippen LogP contribution in [0.2, 0.25) is 0 Å². The number of aromatic nitrogens is 2. The predicted molar refractivity (Wildman–Crippen MR) is 124 cm³/mol. The highest BCUT2D eigenvalue weighted by molar-refractivity contribution is 5.91. The molecule has 2 saturated heterocycles. The van der Waals surface area contributed by atoms with Crippen molar-refractivity contribution >= 4 is 41.0 Å². The number of piperidine rings is 2. The number of amides is 1. The molecule has 2 aliphatic heterocycles. The molecular formula is C22H32ClN5O3. The van der Waals surface area contributed by atoms with E-state index in [1.165, 1.54) is 6.42 Å². The average Bonchev–Trinajstić information content (AvgIpc) is 2.78. The van der Waals surface area contributed by atoms with Gasteiger partial charge in [-0.15, -0.1) is 12.4 Å². The zero-order valence-corrected chi connectivity index (χ0v) is 19.3. The third-order valence-electron chi connectivity index (χ3n) is 6.43. The summed E-state index contributed by atoms with van der Waals surface area (Å²) < 4.78 is 10.7. The molecule has 0 spiro atoms. The van der Waals surface area contributed by atoms with Gasteiger partial charge in [-0.25, -0.2) is 4.98 Å². The van der Waals surface area contributed by atoms with Gasteiger partial charge >= 0.3 is 0 Å². The molecule has 1 atom stereocenters. The van der Waals surface area contributed by atoms with E-state index in [0.29, 0.717) is 35.2 Å². The number of carbonyl (C=O) groups is 1. The topological polar surface area (TPSA) is 93.8 Å². The molecule has 1 amide bonds. The fourth-order valence-corrected chi connectivity index (χ4v) is 4.59. The van der Waals surface area contributed by atoms with Crippen molar-refractivity contribution in [2.45, 2.75) is 45.1 Å². The van der Waals surface area contributed by atoms with Crippen LogP contribution in [0.3, 0.4) is 0 Å². The van der Waals surface area contributed by atoms with Crippen molar-refractivity contribution in [1.29, 1.82) is 0 Å². The Balaban J connectivity index is 0.00000272. The first kappa shape index (κ1) is 23.2. The zero-order chi connectivity index (χ0) is 21.3. The zero-order valence-electron chi connectivity index (χ0n) is 18.5. The quantitative estimate of drug-likeness (QED) is 0.765. The average molecular weight is 450 g/mol. The van der Waals surface area contributed by atoms with Crippen molar-refractivity contribution in [1.82, 2.24) is 14.9 Å². The summed E-state index contributed by atoms with van der Waals surface area (Å²) in [5.74, 6) is 2.62. The maximum atomic E-state index is 13.0. The van der Waals surface area contributed by atoms with E-state index in [0.717, 1.165) is 56.2 Å². The van der Waals surface area contributed by atoms with Gasteiger partial charge in [-0.05, 0) is 45.1 Å². The van der Waals surface area contributed by atoms with Crippen LogP contribution in [0.25, 0.3) is 10.9 Å². The highest BCUT2D eigenvalue weighted by atomic mass is 35.5. The molecule has 0 saturated carbocycles. The van der Waals surface area contributed by atoms with Gasteiger partial charge in [-0.2, -0.15) is 4.98 Å². The number of halogens is 1. The molecule has 2 fully saturated rings. The number of carbonyl (C=O) groups excluding carboxylic acids is 1. The summed E-state index contributed by atoms with van der Waals surface area (Å²) >= 11 is 0. The van der Waals surface area contributed by atoms with Gasteiger partial charge in [0.1, 0.15) is 5.82 Å². The molecular weight excluding hydrogens is 418 g/mol. The second kappa shape index (κ2) is 9.77. The van der Waals surface area contributed by atoms with Crippen LogP contribution in [0.15, 0.2) is 12.1 Å². The van der Waals surface area contributed by atoms with Gasteiger partial charge in [0.25, 0.3) is 0 Å². The van der Waals surface area contributed by atoms with Gasteiger partial charge in [0.2, 0.25) is 11.9 Å². The van der Waals surface area contributed by atoms with E-state index in [1.807, 2.05) is 6.07 Å². The minimum Gasteiger partial charge on any atom is -0.493 e. The molecule has 2 aliphatic rings. The molecule has 8 nitrogen and oxygen atoms in total. The number of hydrogen-bond acceptors (Lipinski definition) is 7. The lowest BCUT2D eigenvalue weighted by atomic mass is 9.93. The van der Waals surface area contributed by atoms with Gasteiger partial charge in [-0.1, -0.05) is 0 Å². The second-order valence-electron chi connectivity index (χ2n) is 8.27. The Labute approximate surface area is 189 Å². The van der Waals surface area contributed by atoms with Crippen LogP contribution in [0.5, 0.6) is 11.5 Å². The van der Waals surface area contributed by atoms with Crippen molar-refractivity contribution < 1.29 is 14.3 Å². The minimum absolute atomic E-state index is 0. The van der Waals surface area contributed by atoms with E-state index >= 15 is 0 Å². The van der Waals surface area contributed by atoms with Gasteiger partial charge in [0.15, 0.2) is 11.5 Å². The number of hydrogen-bond donors (Lipinski definition) is 1. The fourth-order valence-electron chi connectivity index (χ4n) is 4.59. The molecule has 2 N–H and O–H groups in total. The van der Waals surface area contributed by atoms with Crippen LogP contribution < -0.4 is 20.1 Å². The number of nitrogen functional groups attached to an aromatic ring is 1. The van der Waals surface area contributed by atoms with E-state index in [-0.39, 0.29) is 18.3 Å². The number of rotatable bonds is 4. The van der Waals surface area contributed by atoms with Crippen LogP contribution in [0, 0.1) is 5.92 Å². The number of anilines is 2. The van der Waals surface area contributed by atoms with Gasteiger partial charge in [0.05, 0.1) is 19.7 Å². The molecule has 1 unspecified atom stereocenters. The third kappa shape index (κ3) is 4.59. The van der Waals surface area contributed by atoms with Gasteiger partial charge in [-0.3, -0.25) is 4.79 Å². The summed E-state index contributed by atoms with van der Waals surface area (Å²) in [5, 5.41) is 0.737. The minimum atomic E-state index is 0. The van der Waals surface area contributed by atoms with Crippen LogP contribution >= 0.6 is 12.4 Å². The van der Waals surface area contributed by atoms with Gasteiger partial charge < -0.3 is 25.0 Å². The normalized spacial score (nSPS) is 19.8. The van der Waals surface area contributed by atoms with Crippen LogP contribution in [-0.4, -0.2) is 60.7 Å². The Morgan fingerprint density at radius 2 is 1.71 bits per heavy atom. The van der Waals surface area contributed by atoms with E-state index in [1.54, 1.807) is 20.3 Å². The summed E-state index contributed by atoms with van der Waals surface area (Å²) in [5.41, 5.74) is 6.95. The molecule has 9 heteroatoms. The Morgan fingerprint density at radius 3 is 2.35 bits per heavy atom. The lowest BCUT2D eigenvalue weighted by Gasteiger charge is -2.38. The lowest BCUT2D eigenvalue weighted by molar-refractivity contribution is -0.139. The maximum absolute atomic E-state index is 13.0.